The maximum Gasteiger partial charge on any atom is 0.321 e. The highest BCUT2D eigenvalue weighted by Gasteiger charge is 2.32. The quantitative estimate of drug-likeness (QED) is 0.770. The first kappa shape index (κ1) is 15.0. The monoisotopic (exact) mass is 313 g/mol. The molecule has 4 N–H and O–H groups in total. The molecule has 0 unspecified atom stereocenters. The number of H-pyrrole nitrogens is 1. The van der Waals surface area contributed by atoms with Crippen LogP contribution in [0.2, 0.25) is 0 Å². The summed E-state index contributed by atoms with van der Waals surface area (Å²) < 4.78 is -0.0613. The normalized spacial score (nSPS) is 13.6. The lowest BCUT2D eigenvalue weighted by molar-refractivity contribution is -0.139. The summed E-state index contributed by atoms with van der Waals surface area (Å²) in [7, 11) is 0. The standard InChI is InChI=1S/C12H15N3O3S2/c1-12(2,9(13)11(17)18)20-5-7-14-6-3-4-19-8(6)10(16)15-7/h3-4,9H,5,13H2,1-2H3,(H,17,18)(H,14,15,16)/t9-/m0/s1. The molecular weight excluding hydrogens is 298 g/mol. The third kappa shape index (κ3) is 3.02. The molecule has 20 heavy (non-hydrogen) atoms. The molecule has 2 heterocycles. The van der Waals surface area contributed by atoms with Gasteiger partial charge in [-0.05, 0) is 25.3 Å². The lowest BCUT2D eigenvalue weighted by Gasteiger charge is -2.27. The predicted molar refractivity (Wildman–Crippen MR) is 81.2 cm³/mol. The van der Waals surface area contributed by atoms with Crippen molar-refractivity contribution in [3.8, 4) is 0 Å². The molecular formula is C12H15N3O3S2. The van der Waals surface area contributed by atoms with Crippen molar-refractivity contribution in [2.75, 3.05) is 0 Å². The second kappa shape index (κ2) is 5.55. The van der Waals surface area contributed by atoms with Crippen LogP contribution in [-0.2, 0) is 10.5 Å². The van der Waals surface area contributed by atoms with Crippen molar-refractivity contribution in [1.82, 2.24) is 9.97 Å². The number of carboxylic acid groups (broad SMARTS) is 1. The number of rotatable bonds is 5. The SMILES string of the molecule is CC(C)(SCc1nc2ccsc2c(=O)[nH]1)[C@@H](N)C(=O)O. The Bertz CT molecular complexity index is 693. The van der Waals surface area contributed by atoms with E-state index in [2.05, 4.69) is 9.97 Å². The van der Waals surface area contributed by atoms with Crippen molar-refractivity contribution in [1.29, 1.82) is 0 Å². The van der Waals surface area contributed by atoms with Crippen molar-refractivity contribution in [2.45, 2.75) is 30.4 Å². The third-order valence-electron chi connectivity index (χ3n) is 2.96. The molecule has 108 valence electrons. The summed E-state index contributed by atoms with van der Waals surface area (Å²) in [6.45, 7) is 3.52. The van der Waals surface area contributed by atoms with E-state index in [1.807, 2.05) is 5.38 Å². The van der Waals surface area contributed by atoms with Gasteiger partial charge in [-0.1, -0.05) is 0 Å². The first-order chi connectivity index (χ1) is 9.31. The van der Waals surface area contributed by atoms with Gasteiger partial charge in [-0.25, -0.2) is 4.98 Å². The van der Waals surface area contributed by atoms with Crippen LogP contribution in [0.15, 0.2) is 16.2 Å². The Balaban J connectivity index is 2.17. The minimum Gasteiger partial charge on any atom is -0.480 e. The highest BCUT2D eigenvalue weighted by molar-refractivity contribution is 7.99. The molecule has 0 aliphatic rings. The second-order valence-corrected chi connectivity index (χ2v) is 7.40. The molecule has 8 heteroatoms. The Hall–Kier alpha value is -1.38. The minimum atomic E-state index is -1.04. The number of aromatic amines is 1. The summed E-state index contributed by atoms with van der Waals surface area (Å²) in [5.41, 5.74) is 6.15. The van der Waals surface area contributed by atoms with Gasteiger partial charge in [0.1, 0.15) is 16.6 Å². The number of hydrogen-bond acceptors (Lipinski definition) is 6. The van der Waals surface area contributed by atoms with Gasteiger partial charge in [0, 0.05) is 4.75 Å². The maximum absolute atomic E-state index is 11.8. The zero-order valence-corrected chi connectivity index (χ0v) is 12.7. The largest absolute Gasteiger partial charge is 0.480 e. The van der Waals surface area contributed by atoms with E-state index in [4.69, 9.17) is 10.8 Å². The van der Waals surface area contributed by atoms with Crippen LogP contribution in [-0.4, -0.2) is 31.8 Å². The molecule has 2 rings (SSSR count). The van der Waals surface area contributed by atoms with Gasteiger partial charge in [-0.2, -0.15) is 0 Å². The molecule has 0 aliphatic heterocycles. The number of nitrogens with one attached hydrogen (secondary N) is 1. The first-order valence-electron chi connectivity index (χ1n) is 5.90. The summed E-state index contributed by atoms with van der Waals surface area (Å²) in [4.78, 5) is 29.8. The average molecular weight is 313 g/mol. The molecule has 6 nitrogen and oxygen atoms in total. The molecule has 0 bridgehead atoms. The van der Waals surface area contributed by atoms with Gasteiger partial charge in [0.25, 0.3) is 5.56 Å². The van der Waals surface area contributed by atoms with Crippen LogP contribution < -0.4 is 11.3 Å². The topological polar surface area (TPSA) is 109 Å². The van der Waals surface area contributed by atoms with Gasteiger partial charge in [-0.3, -0.25) is 9.59 Å². The maximum atomic E-state index is 11.8. The fourth-order valence-corrected chi connectivity index (χ4v) is 3.28. The Morgan fingerprint density at radius 3 is 3.00 bits per heavy atom. The van der Waals surface area contributed by atoms with Crippen molar-refractivity contribution in [2.24, 2.45) is 5.73 Å². The molecule has 0 fully saturated rings. The summed E-state index contributed by atoms with van der Waals surface area (Å²) in [5, 5.41) is 10.8. The van der Waals surface area contributed by atoms with Crippen molar-refractivity contribution in [3.63, 3.8) is 0 Å². The zero-order chi connectivity index (χ0) is 14.9. The number of aromatic nitrogens is 2. The van der Waals surface area contributed by atoms with E-state index in [-0.39, 0.29) is 5.56 Å². The summed E-state index contributed by atoms with van der Waals surface area (Å²) in [6, 6.07) is 0.807. The number of fused-ring (bicyclic) bond motifs is 1. The zero-order valence-electron chi connectivity index (χ0n) is 11.0. The molecule has 0 amide bonds. The lowest BCUT2D eigenvalue weighted by atomic mass is 10.1. The molecule has 0 spiro atoms. The van der Waals surface area contributed by atoms with Crippen molar-refractivity contribution < 1.29 is 9.90 Å². The van der Waals surface area contributed by atoms with Crippen LogP contribution in [0.25, 0.3) is 10.2 Å². The number of carboxylic acids is 1. The summed E-state index contributed by atoms with van der Waals surface area (Å²) in [5.74, 6) is -0.122. The molecule has 2 aromatic rings. The van der Waals surface area contributed by atoms with Crippen LogP contribution in [0.3, 0.4) is 0 Å². The molecule has 0 radical (unpaired) electrons. The minimum absolute atomic E-state index is 0.166. The molecule has 1 atom stereocenters. The number of aliphatic carboxylic acids is 1. The van der Waals surface area contributed by atoms with E-state index in [9.17, 15) is 9.59 Å². The van der Waals surface area contributed by atoms with Gasteiger partial charge in [-0.15, -0.1) is 23.1 Å². The molecule has 0 aliphatic carbocycles. The van der Waals surface area contributed by atoms with E-state index >= 15 is 0 Å². The molecule has 0 saturated carbocycles. The van der Waals surface area contributed by atoms with Crippen molar-refractivity contribution >= 4 is 39.3 Å². The van der Waals surface area contributed by atoms with Crippen molar-refractivity contribution in [3.05, 3.63) is 27.6 Å². The number of carbonyl (C=O) groups is 1. The van der Waals surface area contributed by atoms with E-state index in [1.54, 1.807) is 19.9 Å². The van der Waals surface area contributed by atoms with Gasteiger partial charge in [0.2, 0.25) is 0 Å². The highest BCUT2D eigenvalue weighted by atomic mass is 32.2. The molecule has 0 aromatic carbocycles. The van der Waals surface area contributed by atoms with Gasteiger partial charge in [0.05, 0.1) is 11.3 Å². The third-order valence-corrected chi connectivity index (χ3v) is 5.28. The van der Waals surface area contributed by atoms with Gasteiger partial charge >= 0.3 is 5.97 Å². The van der Waals surface area contributed by atoms with E-state index in [1.165, 1.54) is 23.1 Å². The highest BCUT2D eigenvalue weighted by Crippen LogP contribution is 2.30. The smallest absolute Gasteiger partial charge is 0.321 e. The molecule has 0 saturated heterocycles. The molecule has 2 aromatic heterocycles. The number of thiophene rings is 1. The summed E-state index contributed by atoms with van der Waals surface area (Å²) >= 11 is 2.70. The van der Waals surface area contributed by atoms with Crippen LogP contribution in [0.4, 0.5) is 0 Å². The number of nitrogens with two attached hydrogens (primary N) is 1. The average Bonchev–Trinajstić information content (AvgIpc) is 2.84. The Morgan fingerprint density at radius 1 is 1.65 bits per heavy atom. The van der Waals surface area contributed by atoms with Crippen LogP contribution in [0.5, 0.6) is 0 Å². The Morgan fingerprint density at radius 2 is 2.35 bits per heavy atom. The fraction of sp³-hybridized carbons (Fsp3) is 0.417. The second-order valence-electron chi connectivity index (χ2n) is 4.86. The van der Waals surface area contributed by atoms with E-state index in [0.717, 1.165) is 0 Å². The van der Waals surface area contributed by atoms with E-state index < -0.39 is 16.8 Å². The lowest BCUT2D eigenvalue weighted by Crippen LogP contribution is -2.46. The fourth-order valence-electron chi connectivity index (χ4n) is 1.63. The Labute approximate surface area is 123 Å². The Kier molecular flexibility index (Phi) is 4.17. The summed E-state index contributed by atoms with van der Waals surface area (Å²) in [6.07, 6.45) is 0. The van der Waals surface area contributed by atoms with Crippen LogP contribution >= 0.6 is 23.1 Å². The number of hydrogen-bond donors (Lipinski definition) is 3. The van der Waals surface area contributed by atoms with Crippen LogP contribution in [0, 0.1) is 0 Å². The van der Waals surface area contributed by atoms with E-state index in [0.29, 0.717) is 21.8 Å². The predicted octanol–water partition coefficient (Wildman–Crippen LogP) is 1.41. The van der Waals surface area contributed by atoms with Gasteiger partial charge < -0.3 is 15.8 Å². The van der Waals surface area contributed by atoms with Gasteiger partial charge in [0.15, 0.2) is 0 Å². The number of nitrogens with zero attached hydrogens (tertiary/aromatic N) is 1. The number of thioether (sulfide) groups is 1. The first-order valence-corrected chi connectivity index (χ1v) is 7.76. The van der Waals surface area contributed by atoms with Crippen LogP contribution in [0.1, 0.15) is 19.7 Å².